The van der Waals surface area contributed by atoms with Gasteiger partial charge in [0, 0.05) is 13.1 Å². The molecule has 7 nitrogen and oxygen atoms in total. The van der Waals surface area contributed by atoms with Gasteiger partial charge >= 0.3 is 0 Å². The van der Waals surface area contributed by atoms with Crippen molar-refractivity contribution in [2.24, 2.45) is 0 Å². The van der Waals surface area contributed by atoms with E-state index in [9.17, 15) is 18.0 Å². The number of anilines is 1. The monoisotopic (exact) mass is 473 g/mol. The average Bonchev–Trinajstić information content (AvgIpc) is 2.80. The van der Waals surface area contributed by atoms with E-state index in [1.165, 1.54) is 4.90 Å². The van der Waals surface area contributed by atoms with Crippen molar-refractivity contribution in [2.75, 3.05) is 23.7 Å². The van der Waals surface area contributed by atoms with Crippen LogP contribution in [0, 0.1) is 0 Å². The zero-order valence-corrected chi connectivity index (χ0v) is 20.8. The van der Waals surface area contributed by atoms with Gasteiger partial charge in [-0.3, -0.25) is 13.9 Å². The molecule has 0 aliphatic heterocycles. The summed E-state index contributed by atoms with van der Waals surface area (Å²) in [6, 6.07) is 15.7. The summed E-state index contributed by atoms with van der Waals surface area (Å²) in [5, 5.41) is 2.87. The zero-order valence-electron chi connectivity index (χ0n) is 20.0. The van der Waals surface area contributed by atoms with Crippen LogP contribution in [-0.4, -0.2) is 50.5 Å². The van der Waals surface area contributed by atoms with Gasteiger partial charge in [0.05, 0.1) is 11.9 Å². The van der Waals surface area contributed by atoms with E-state index in [1.807, 2.05) is 56.3 Å². The summed E-state index contributed by atoms with van der Waals surface area (Å²) in [6.07, 6.45) is 3.70. The van der Waals surface area contributed by atoms with Gasteiger partial charge in [0.25, 0.3) is 0 Å². The Morgan fingerprint density at radius 3 is 2.15 bits per heavy atom. The molecule has 0 aliphatic rings. The topological polar surface area (TPSA) is 86.8 Å². The maximum atomic E-state index is 13.4. The summed E-state index contributed by atoms with van der Waals surface area (Å²) in [5.74, 6) is -0.701. The van der Waals surface area contributed by atoms with Crippen molar-refractivity contribution in [3.63, 3.8) is 0 Å². The number of hydrogen-bond acceptors (Lipinski definition) is 4. The predicted octanol–water partition coefficient (Wildman–Crippen LogP) is 3.35. The van der Waals surface area contributed by atoms with E-state index in [4.69, 9.17) is 0 Å². The minimum Gasteiger partial charge on any atom is -0.354 e. The number of nitrogens with one attached hydrogen (secondary N) is 1. The molecule has 0 fully saturated rings. The number of carbonyl (C=O) groups excluding carboxylic acids is 2. The lowest BCUT2D eigenvalue weighted by Crippen LogP contribution is -2.51. The molecule has 8 heteroatoms. The van der Waals surface area contributed by atoms with Crippen molar-refractivity contribution in [1.29, 1.82) is 0 Å². The van der Waals surface area contributed by atoms with E-state index in [-0.39, 0.29) is 19.0 Å². The molecule has 1 N–H and O–H groups in total. The number of benzene rings is 2. The minimum atomic E-state index is -3.72. The van der Waals surface area contributed by atoms with Crippen LogP contribution < -0.4 is 9.62 Å². The molecule has 2 rings (SSSR count). The lowest BCUT2D eigenvalue weighted by molar-refractivity contribution is -0.139. The molecule has 0 heterocycles. The predicted molar refractivity (Wildman–Crippen MR) is 132 cm³/mol. The molecule has 0 unspecified atom stereocenters. The second-order valence-electron chi connectivity index (χ2n) is 8.12. The van der Waals surface area contributed by atoms with E-state index < -0.39 is 22.0 Å². The second-order valence-corrected chi connectivity index (χ2v) is 10.0. The third-order valence-corrected chi connectivity index (χ3v) is 6.64. The van der Waals surface area contributed by atoms with Gasteiger partial charge in [-0.1, -0.05) is 62.7 Å². The van der Waals surface area contributed by atoms with E-state index in [0.29, 0.717) is 12.2 Å². The Bertz CT molecular complexity index is 1010. The van der Waals surface area contributed by atoms with Crippen LogP contribution in [0.25, 0.3) is 0 Å². The summed E-state index contributed by atoms with van der Waals surface area (Å²) in [6.45, 7) is 6.07. The fourth-order valence-electron chi connectivity index (χ4n) is 3.41. The van der Waals surface area contributed by atoms with Crippen molar-refractivity contribution in [3.8, 4) is 0 Å². The molecular formula is C25H35N3O4S. The Balaban J connectivity index is 2.30. The molecule has 2 amide bonds. The fraction of sp³-hybridized carbons (Fsp3) is 0.440. The molecule has 0 aliphatic carbocycles. The average molecular weight is 474 g/mol. The maximum absolute atomic E-state index is 13.4. The van der Waals surface area contributed by atoms with Crippen LogP contribution in [0.5, 0.6) is 0 Å². The Kier molecular flexibility index (Phi) is 9.91. The highest BCUT2D eigenvalue weighted by molar-refractivity contribution is 7.92. The molecule has 2 aromatic rings. The van der Waals surface area contributed by atoms with Crippen LogP contribution in [0.3, 0.4) is 0 Å². The molecule has 180 valence electrons. The minimum absolute atomic E-state index is 0.203. The van der Waals surface area contributed by atoms with Gasteiger partial charge in [0.2, 0.25) is 21.8 Å². The van der Waals surface area contributed by atoms with Crippen LogP contribution >= 0.6 is 0 Å². The maximum Gasteiger partial charge on any atom is 0.244 e. The SMILES string of the molecule is CCCCNC(=O)[C@@H](C)N(Cc1ccccc1)C(=O)CN(c1ccc(CC)cc1)S(C)(=O)=O. The lowest BCUT2D eigenvalue weighted by Gasteiger charge is -2.31. The van der Waals surface area contributed by atoms with Gasteiger partial charge in [-0.25, -0.2) is 8.42 Å². The van der Waals surface area contributed by atoms with Crippen molar-refractivity contribution in [3.05, 3.63) is 65.7 Å². The normalized spacial score (nSPS) is 12.1. The molecule has 0 aromatic heterocycles. The summed E-state index contributed by atoms with van der Waals surface area (Å²) in [7, 11) is -3.72. The van der Waals surface area contributed by atoms with E-state index >= 15 is 0 Å². The van der Waals surface area contributed by atoms with Crippen LogP contribution in [0.1, 0.15) is 44.7 Å². The molecule has 33 heavy (non-hydrogen) atoms. The van der Waals surface area contributed by atoms with Crippen molar-refractivity contribution in [1.82, 2.24) is 10.2 Å². The van der Waals surface area contributed by atoms with Crippen molar-refractivity contribution < 1.29 is 18.0 Å². The van der Waals surface area contributed by atoms with E-state index in [1.54, 1.807) is 19.1 Å². The number of sulfonamides is 1. The van der Waals surface area contributed by atoms with Crippen molar-refractivity contribution >= 4 is 27.5 Å². The number of rotatable bonds is 12. The first kappa shape index (κ1) is 26.4. The van der Waals surface area contributed by atoms with Crippen LogP contribution in [0.2, 0.25) is 0 Å². The first-order valence-corrected chi connectivity index (χ1v) is 13.2. The Morgan fingerprint density at radius 2 is 1.61 bits per heavy atom. The molecule has 0 radical (unpaired) electrons. The molecule has 0 saturated heterocycles. The number of aryl methyl sites for hydroxylation is 1. The van der Waals surface area contributed by atoms with Gasteiger partial charge in [-0.05, 0) is 43.0 Å². The largest absolute Gasteiger partial charge is 0.354 e. The number of carbonyl (C=O) groups is 2. The molecule has 2 aromatic carbocycles. The standard InChI is InChI=1S/C25H35N3O4S/c1-5-7-17-26-25(30)20(3)27(18-22-11-9-8-10-12-22)24(29)19-28(33(4,31)32)23-15-13-21(6-2)14-16-23/h8-16,20H,5-7,17-19H2,1-4H3,(H,26,30)/t20-/m1/s1. The number of nitrogens with zero attached hydrogens (tertiary/aromatic N) is 2. The third kappa shape index (κ3) is 7.89. The third-order valence-electron chi connectivity index (χ3n) is 5.50. The smallest absolute Gasteiger partial charge is 0.244 e. The van der Waals surface area contributed by atoms with Gasteiger partial charge < -0.3 is 10.2 Å². The second kappa shape index (κ2) is 12.4. The van der Waals surface area contributed by atoms with E-state index in [2.05, 4.69) is 5.32 Å². The van der Waals surface area contributed by atoms with Gasteiger partial charge in [0.1, 0.15) is 12.6 Å². The number of hydrogen-bond donors (Lipinski definition) is 1. The van der Waals surface area contributed by atoms with Gasteiger partial charge in [-0.2, -0.15) is 0 Å². The van der Waals surface area contributed by atoms with Crippen LogP contribution in [0.4, 0.5) is 5.69 Å². The van der Waals surface area contributed by atoms with Crippen molar-refractivity contribution in [2.45, 2.75) is 52.6 Å². The first-order chi connectivity index (χ1) is 15.7. The summed E-state index contributed by atoms with van der Waals surface area (Å²) in [5.41, 5.74) is 2.35. The number of unbranched alkanes of at least 4 members (excludes halogenated alkanes) is 1. The van der Waals surface area contributed by atoms with Crippen LogP contribution in [0.15, 0.2) is 54.6 Å². The van der Waals surface area contributed by atoms with E-state index in [0.717, 1.165) is 41.0 Å². The zero-order chi connectivity index (χ0) is 24.4. The Hall–Kier alpha value is -2.87. The highest BCUT2D eigenvalue weighted by atomic mass is 32.2. The van der Waals surface area contributed by atoms with Gasteiger partial charge in [0.15, 0.2) is 0 Å². The Morgan fingerprint density at radius 1 is 0.970 bits per heavy atom. The molecule has 0 spiro atoms. The van der Waals surface area contributed by atoms with Crippen LogP contribution in [-0.2, 0) is 32.6 Å². The van der Waals surface area contributed by atoms with Gasteiger partial charge in [-0.15, -0.1) is 0 Å². The highest BCUT2D eigenvalue weighted by Gasteiger charge is 2.29. The Labute approximate surface area is 197 Å². The highest BCUT2D eigenvalue weighted by Crippen LogP contribution is 2.20. The lowest BCUT2D eigenvalue weighted by atomic mass is 10.1. The summed E-state index contributed by atoms with van der Waals surface area (Å²) >= 11 is 0. The summed E-state index contributed by atoms with van der Waals surface area (Å²) in [4.78, 5) is 27.6. The summed E-state index contributed by atoms with van der Waals surface area (Å²) < 4.78 is 26.2. The molecular weight excluding hydrogens is 438 g/mol. The number of amides is 2. The molecule has 1 atom stereocenters. The first-order valence-electron chi connectivity index (χ1n) is 11.3. The molecule has 0 saturated carbocycles. The quantitative estimate of drug-likeness (QED) is 0.479. The fourth-order valence-corrected chi connectivity index (χ4v) is 4.26. The molecule has 0 bridgehead atoms.